The number of nitrogens with one attached hydrogen (secondary N) is 1. The minimum Gasteiger partial charge on any atom is -0.267 e. The molecule has 0 aliphatic rings. The molecule has 0 radical (unpaired) electrons. The number of halogens is 2. The van der Waals surface area contributed by atoms with Gasteiger partial charge in [-0.15, -0.1) is 0 Å². The molecule has 0 unspecified atom stereocenters. The molecule has 0 fully saturated rings. The number of hydrazone groups is 1. The summed E-state index contributed by atoms with van der Waals surface area (Å²) in [6.07, 6.45) is 3.11. The van der Waals surface area contributed by atoms with Crippen LogP contribution in [0.1, 0.15) is 15.9 Å². The van der Waals surface area contributed by atoms with Crippen LogP contribution < -0.4 is 5.43 Å². The molecular weight excluding hydrogens is 307 g/mol. The van der Waals surface area contributed by atoms with E-state index < -0.39 is 0 Å². The van der Waals surface area contributed by atoms with Crippen molar-refractivity contribution in [2.75, 3.05) is 0 Å². The molecule has 1 N–H and O–H groups in total. The van der Waals surface area contributed by atoms with E-state index in [1.54, 1.807) is 30.3 Å². The van der Waals surface area contributed by atoms with Crippen molar-refractivity contribution in [2.45, 2.75) is 0 Å². The lowest BCUT2D eigenvalue weighted by atomic mass is 10.2. The van der Waals surface area contributed by atoms with E-state index in [2.05, 4.69) is 10.5 Å². The van der Waals surface area contributed by atoms with E-state index in [9.17, 15) is 4.79 Å². The topological polar surface area (TPSA) is 41.5 Å². The zero-order valence-electron chi connectivity index (χ0n) is 11.0. The fourth-order valence-corrected chi connectivity index (χ4v) is 2.00. The van der Waals surface area contributed by atoms with Gasteiger partial charge in [0.05, 0.1) is 21.8 Å². The minimum absolute atomic E-state index is 0.361. The average molecular weight is 319 g/mol. The van der Waals surface area contributed by atoms with Crippen LogP contribution in [0.25, 0.3) is 6.08 Å². The SMILES string of the molecule is O=C(N/N=C/C(Cl)=C/c1ccccc1)c1ccccc1Cl. The monoisotopic (exact) mass is 318 g/mol. The van der Waals surface area contributed by atoms with E-state index in [0.29, 0.717) is 15.6 Å². The van der Waals surface area contributed by atoms with E-state index in [0.717, 1.165) is 5.56 Å². The lowest BCUT2D eigenvalue weighted by Crippen LogP contribution is -2.17. The quantitative estimate of drug-likeness (QED) is 0.661. The van der Waals surface area contributed by atoms with Crippen molar-refractivity contribution < 1.29 is 4.79 Å². The van der Waals surface area contributed by atoms with Crippen LogP contribution in [0.2, 0.25) is 5.02 Å². The van der Waals surface area contributed by atoms with Crippen molar-refractivity contribution >= 4 is 41.4 Å². The highest BCUT2D eigenvalue weighted by atomic mass is 35.5. The van der Waals surface area contributed by atoms with Gasteiger partial charge in [-0.05, 0) is 23.8 Å². The molecule has 3 nitrogen and oxygen atoms in total. The summed E-state index contributed by atoms with van der Waals surface area (Å²) in [6.45, 7) is 0. The van der Waals surface area contributed by atoms with Crippen LogP contribution >= 0.6 is 23.2 Å². The second-order valence-corrected chi connectivity index (χ2v) is 4.96. The molecule has 0 aromatic heterocycles. The number of carbonyl (C=O) groups excluding carboxylic acids is 1. The Labute approximate surface area is 132 Å². The van der Waals surface area contributed by atoms with Crippen molar-refractivity contribution in [1.29, 1.82) is 0 Å². The molecule has 0 saturated heterocycles. The van der Waals surface area contributed by atoms with Crippen LogP contribution in [0.3, 0.4) is 0 Å². The van der Waals surface area contributed by atoms with Crippen molar-refractivity contribution in [3.8, 4) is 0 Å². The predicted molar refractivity (Wildman–Crippen MR) is 87.7 cm³/mol. The third-order valence-corrected chi connectivity index (χ3v) is 3.11. The van der Waals surface area contributed by atoms with Gasteiger partial charge >= 0.3 is 0 Å². The van der Waals surface area contributed by atoms with Gasteiger partial charge in [-0.1, -0.05) is 65.7 Å². The van der Waals surface area contributed by atoms with E-state index in [1.165, 1.54) is 6.21 Å². The third-order valence-electron chi connectivity index (χ3n) is 2.58. The van der Waals surface area contributed by atoms with Crippen LogP contribution in [0, 0.1) is 0 Å². The van der Waals surface area contributed by atoms with E-state index in [-0.39, 0.29) is 5.91 Å². The van der Waals surface area contributed by atoms with Crippen LogP contribution in [0.5, 0.6) is 0 Å². The Kier molecular flexibility index (Phi) is 5.55. The maximum Gasteiger partial charge on any atom is 0.272 e. The fraction of sp³-hybridized carbons (Fsp3) is 0. The number of rotatable bonds is 4. The van der Waals surface area contributed by atoms with Gasteiger partial charge in [0, 0.05) is 0 Å². The van der Waals surface area contributed by atoms with E-state index >= 15 is 0 Å². The Bertz CT molecular complexity index is 682. The first kappa shape index (κ1) is 15.3. The average Bonchev–Trinajstić information content (AvgIpc) is 2.48. The number of carbonyl (C=O) groups is 1. The first-order valence-corrected chi connectivity index (χ1v) is 6.92. The smallest absolute Gasteiger partial charge is 0.267 e. The Morgan fingerprint density at radius 2 is 1.71 bits per heavy atom. The van der Waals surface area contributed by atoms with E-state index in [4.69, 9.17) is 23.2 Å². The summed E-state index contributed by atoms with van der Waals surface area (Å²) in [7, 11) is 0. The molecule has 106 valence electrons. The van der Waals surface area contributed by atoms with Gasteiger partial charge in [0.2, 0.25) is 0 Å². The highest BCUT2D eigenvalue weighted by molar-refractivity contribution is 6.41. The molecule has 0 aliphatic carbocycles. The summed E-state index contributed by atoms with van der Waals surface area (Å²) in [5.74, 6) is -0.388. The molecule has 2 rings (SSSR count). The molecule has 0 bridgehead atoms. The molecule has 0 saturated carbocycles. The highest BCUT2D eigenvalue weighted by Crippen LogP contribution is 2.14. The predicted octanol–water partition coefficient (Wildman–Crippen LogP) is 4.34. The van der Waals surface area contributed by atoms with Crippen molar-refractivity contribution in [2.24, 2.45) is 5.10 Å². The van der Waals surface area contributed by atoms with Crippen LogP contribution in [0.15, 0.2) is 64.7 Å². The molecule has 1 amide bonds. The summed E-state index contributed by atoms with van der Waals surface area (Å²) < 4.78 is 0. The Balaban J connectivity index is 1.98. The molecule has 0 heterocycles. The Hall–Kier alpha value is -2.10. The molecule has 0 atom stereocenters. The molecule has 2 aromatic rings. The van der Waals surface area contributed by atoms with Crippen LogP contribution in [-0.2, 0) is 0 Å². The van der Waals surface area contributed by atoms with Gasteiger partial charge in [0.15, 0.2) is 0 Å². The summed E-state index contributed by atoms with van der Waals surface area (Å²) in [6, 6.07) is 16.3. The zero-order chi connectivity index (χ0) is 15.1. The summed E-state index contributed by atoms with van der Waals surface area (Å²) in [4.78, 5) is 11.8. The molecule has 0 aliphatic heterocycles. The second kappa shape index (κ2) is 7.62. The minimum atomic E-state index is -0.388. The summed E-state index contributed by atoms with van der Waals surface area (Å²) in [5.41, 5.74) is 3.69. The highest BCUT2D eigenvalue weighted by Gasteiger charge is 2.07. The number of nitrogens with zero attached hydrogens (tertiary/aromatic N) is 1. The number of amides is 1. The van der Waals surface area contributed by atoms with Gasteiger partial charge < -0.3 is 0 Å². The number of benzene rings is 2. The molecule has 0 spiro atoms. The van der Waals surface area contributed by atoms with Crippen molar-refractivity contribution in [1.82, 2.24) is 5.43 Å². The van der Waals surface area contributed by atoms with Gasteiger partial charge in [-0.2, -0.15) is 5.10 Å². The number of allylic oxidation sites excluding steroid dienone is 1. The normalized spacial score (nSPS) is 11.6. The largest absolute Gasteiger partial charge is 0.272 e. The van der Waals surface area contributed by atoms with Crippen molar-refractivity contribution in [3.05, 3.63) is 75.8 Å². The van der Waals surface area contributed by atoms with Crippen LogP contribution in [0.4, 0.5) is 0 Å². The summed E-state index contributed by atoms with van der Waals surface area (Å²) >= 11 is 11.9. The van der Waals surface area contributed by atoms with Gasteiger partial charge in [0.1, 0.15) is 0 Å². The molecular formula is C16H12Cl2N2O. The standard InChI is InChI=1S/C16H12Cl2N2O/c17-13(10-12-6-2-1-3-7-12)11-19-20-16(21)14-8-4-5-9-15(14)18/h1-11H,(H,20,21)/b13-10-,19-11+. The fourth-order valence-electron chi connectivity index (χ4n) is 1.60. The first-order chi connectivity index (χ1) is 10.2. The maximum atomic E-state index is 11.8. The zero-order valence-corrected chi connectivity index (χ0v) is 12.5. The van der Waals surface area contributed by atoms with E-state index in [1.807, 2.05) is 30.3 Å². The lowest BCUT2D eigenvalue weighted by Gasteiger charge is -2.01. The lowest BCUT2D eigenvalue weighted by molar-refractivity contribution is 0.0955. The number of hydrogen-bond donors (Lipinski definition) is 1. The van der Waals surface area contributed by atoms with Crippen LogP contribution in [-0.4, -0.2) is 12.1 Å². The number of hydrogen-bond acceptors (Lipinski definition) is 2. The summed E-state index contributed by atoms with van der Waals surface area (Å²) in [5, 5.41) is 4.58. The molecule has 2 aromatic carbocycles. The van der Waals surface area contributed by atoms with Gasteiger partial charge in [0.25, 0.3) is 5.91 Å². The van der Waals surface area contributed by atoms with Gasteiger partial charge in [-0.25, -0.2) is 5.43 Å². The molecule has 21 heavy (non-hydrogen) atoms. The van der Waals surface area contributed by atoms with Gasteiger partial charge in [-0.3, -0.25) is 4.79 Å². The Morgan fingerprint density at radius 3 is 2.43 bits per heavy atom. The maximum absolute atomic E-state index is 11.8. The Morgan fingerprint density at radius 1 is 1.05 bits per heavy atom. The second-order valence-electron chi connectivity index (χ2n) is 4.12. The molecule has 5 heteroatoms. The van der Waals surface area contributed by atoms with Crippen molar-refractivity contribution in [3.63, 3.8) is 0 Å². The third kappa shape index (κ3) is 4.74. The first-order valence-electron chi connectivity index (χ1n) is 6.17.